The van der Waals surface area contributed by atoms with Gasteiger partial charge in [-0.25, -0.2) is 13.6 Å². The number of hydrogen-bond donors (Lipinski definition) is 2. The number of hydrogen-bond acceptors (Lipinski definition) is 4. The Hall–Kier alpha value is -1.93. The number of nitrogens with one attached hydrogen (secondary N) is 1. The van der Waals surface area contributed by atoms with Gasteiger partial charge >= 0.3 is 0 Å². The summed E-state index contributed by atoms with van der Waals surface area (Å²) in [5.41, 5.74) is 1.33. The van der Waals surface area contributed by atoms with Crippen molar-refractivity contribution in [1.29, 1.82) is 0 Å². The molecular weight excluding hydrogens is 294 g/mol. The third-order valence-electron chi connectivity index (χ3n) is 3.42. The zero-order valence-electron chi connectivity index (χ0n) is 11.6. The topological polar surface area (TPSA) is 110 Å². The van der Waals surface area contributed by atoms with E-state index in [1.165, 1.54) is 4.90 Å². The van der Waals surface area contributed by atoms with Gasteiger partial charge in [-0.2, -0.15) is 0 Å². The molecule has 1 fully saturated rings. The van der Waals surface area contributed by atoms with Crippen LogP contribution in [0.1, 0.15) is 12.0 Å². The van der Waals surface area contributed by atoms with Crippen molar-refractivity contribution in [3.8, 4) is 0 Å². The van der Waals surface area contributed by atoms with Crippen molar-refractivity contribution in [2.75, 3.05) is 18.5 Å². The van der Waals surface area contributed by atoms with Crippen molar-refractivity contribution >= 4 is 27.5 Å². The minimum atomic E-state index is -3.74. The second kappa shape index (κ2) is 5.82. The van der Waals surface area contributed by atoms with E-state index in [0.717, 1.165) is 5.56 Å². The Morgan fingerprint density at radius 3 is 2.76 bits per heavy atom. The maximum Gasteiger partial charge on any atom is 0.228 e. The second-order valence-corrected chi connectivity index (χ2v) is 6.78. The molecule has 114 valence electrons. The first-order valence-electron chi connectivity index (χ1n) is 6.42. The van der Waals surface area contributed by atoms with Gasteiger partial charge in [0, 0.05) is 25.7 Å². The van der Waals surface area contributed by atoms with Crippen LogP contribution in [0.3, 0.4) is 0 Å². The van der Waals surface area contributed by atoms with E-state index in [1.54, 1.807) is 31.3 Å². The average Bonchev–Trinajstić information content (AvgIpc) is 2.81. The molecule has 1 aliphatic heterocycles. The zero-order chi connectivity index (χ0) is 15.6. The minimum absolute atomic E-state index is 0.0428. The molecule has 1 aromatic carbocycles. The van der Waals surface area contributed by atoms with Crippen LogP contribution in [0.25, 0.3) is 0 Å². The second-order valence-electron chi connectivity index (χ2n) is 4.94. The van der Waals surface area contributed by atoms with Gasteiger partial charge < -0.3 is 10.2 Å². The van der Waals surface area contributed by atoms with Gasteiger partial charge in [0.05, 0.1) is 6.42 Å². The van der Waals surface area contributed by atoms with E-state index in [9.17, 15) is 18.0 Å². The molecule has 0 aromatic heterocycles. The van der Waals surface area contributed by atoms with Crippen LogP contribution in [-0.2, 0) is 26.0 Å². The highest BCUT2D eigenvalue weighted by atomic mass is 32.2. The summed E-state index contributed by atoms with van der Waals surface area (Å²) in [7, 11) is -2.19. The predicted octanol–water partition coefficient (Wildman–Crippen LogP) is -0.631. The first-order valence-corrected chi connectivity index (χ1v) is 8.03. The highest BCUT2D eigenvalue weighted by Gasteiger charge is 2.37. The lowest BCUT2D eigenvalue weighted by Crippen LogP contribution is -2.32. The Kier molecular flexibility index (Phi) is 4.29. The van der Waals surface area contributed by atoms with E-state index < -0.39 is 15.3 Å². The highest BCUT2D eigenvalue weighted by molar-refractivity contribution is 7.89. The number of nitrogens with zero attached hydrogens (tertiary/aromatic N) is 1. The van der Waals surface area contributed by atoms with E-state index in [4.69, 9.17) is 5.14 Å². The molecule has 2 amide bonds. The van der Waals surface area contributed by atoms with Crippen molar-refractivity contribution in [2.45, 2.75) is 18.1 Å². The fraction of sp³-hybridized carbons (Fsp3) is 0.385. The Morgan fingerprint density at radius 2 is 2.19 bits per heavy atom. The van der Waals surface area contributed by atoms with Crippen molar-refractivity contribution in [3.05, 3.63) is 29.8 Å². The lowest BCUT2D eigenvalue weighted by molar-refractivity contribution is -0.120. The van der Waals surface area contributed by atoms with Crippen molar-refractivity contribution in [2.24, 2.45) is 5.14 Å². The highest BCUT2D eigenvalue weighted by Crippen LogP contribution is 2.25. The molecule has 2 rings (SSSR count). The van der Waals surface area contributed by atoms with Crippen LogP contribution in [0, 0.1) is 0 Å². The van der Waals surface area contributed by atoms with Crippen molar-refractivity contribution in [3.63, 3.8) is 0 Å². The lowest BCUT2D eigenvalue weighted by atomic mass is 10.1. The quantitative estimate of drug-likeness (QED) is 0.771. The molecule has 1 unspecified atom stereocenters. The first-order chi connectivity index (χ1) is 9.81. The molecule has 1 aromatic rings. The average molecular weight is 311 g/mol. The number of nitrogens with two attached hydrogens (primary N) is 1. The normalized spacial score (nSPS) is 18.9. The summed E-state index contributed by atoms with van der Waals surface area (Å²) in [6, 6.07) is 6.91. The van der Waals surface area contributed by atoms with E-state index in [2.05, 4.69) is 5.32 Å². The lowest BCUT2D eigenvalue weighted by Gasteiger charge is -2.17. The smallest absolute Gasteiger partial charge is 0.228 e. The number of sulfonamides is 1. The van der Waals surface area contributed by atoms with Gasteiger partial charge in [0.2, 0.25) is 21.8 Å². The Bertz CT molecular complexity index is 672. The molecule has 0 radical (unpaired) electrons. The Morgan fingerprint density at radius 1 is 1.48 bits per heavy atom. The number of anilines is 1. The van der Waals surface area contributed by atoms with Crippen LogP contribution >= 0.6 is 0 Å². The predicted molar refractivity (Wildman–Crippen MR) is 78.1 cm³/mol. The van der Waals surface area contributed by atoms with Crippen LogP contribution in [-0.4, -0.2) is 39.1 Å². The third kappa shape index (κ3) is 3.59. The Labute approximate surface area is 123 Å². The van der Waals surface area contributed by atoms with Gasteiger partial charge in [0.15, 0.2) is 0 Å². The number of carbonyl (C=O) groups excluding carboxylic acids is 2. The summed E-state index contributed by atoms with van der Waals surface area (Å²) < 4.78 is 22.7. The number of carbonyl (C=O) groups is 2. The van der Waals surface area contributed by atoms with Gasteiger partial charge in [-0.1, -0.05) is 12.1 Å². The van der Waals surface area contributed by atoms with E-state index >= 15 is 0 Å². The van der Waals surface area contributed by atoms with Crippen LogP contribution in [0.2, 0.25) is 0 Å². The van der Waals surface area contributed by atoms with Crippen molar-refractivity contribution in [1.82, 2.24) is 5.32 Å². The molecule has 21 heavy (non-hydrogen) atoms. The van der Waals surface area contributed by atoms with E-state index in [1.807, 2.05) is 0 Å². The fourth-order valence-corrected chi connectivity index (χ4v) is 2.98. The number of amides is 2. The maximum atomic E-state index is 11.9. The number of benzene rings is 1. The Balaban J connectivity index is 2.21. The number of likely N-dealkylation sites (N-methyl/N-ethyl adjacent to an activating group) is 1. The van der Waals surface area contributed by atoms with Crippen LogP contribution in [0.15, 0.2) is 24.3 Å². The molecule has 0 saturated carbocycles. The largest absolute Gasteiger partial charge is 0.359 e. The van der Waals surface area contributed by atoms with E-state index in [-0.39, 0.29) is 31.2 Å². The van der Waals surface area contributed by atoms with Gasteiger partial charge in [0.1, 0.15) is 5.25 Å². The number of rotatable bonds is 4. The summed E-state index contributed by atoms with van der Waals surface area (Å²) in [6.45, 7) is 0.0428. The number of primary sulfonamides is 1. The van der Waals surface area contributed by atoms with Crippen LogP contribution < -0.4 is 15.4 Å². The molecule has 1 saturated heterocycles. The zero-order valence-corrected chi connectivity index (χ0v) is 12.4. The molecule has 1 heterocycles. The SMILES string of the molecule is CNC(=O)Cc1cccc(N2CC(S(N)(=O)=O)CC2=O)c1. The molecule has 7 nitrogen and oxygen atoms in total. The third-order valence-corrected chi connectivity index (χ3v) is 4.66. The minimum Gasteiger partial charge on any atom is -0.359 e. The molecule has 1 aliphatic rings. The fourth-order valence-electron chi connectivity index (χ4n) is 2.25. The monoisotopic (exact) mass is 311 g/mol. The molecule has 3 N–H and O–H groups in total. The molecule has 0 bridgehead atoms. The van der Waals surface area contributed by atoms with Gasteiger partial charge in [-0.15, -0.1) is 0 Å². The van der Waals surface area contributed by atoms with Crippen molar-refractivity contribution < 1.29 is 18.0 Å². The first kappa shape index (κ1) is 15.5. The van der Waals surface area contributed by atoms with Crippen LogP contribution in [0.4, 0.5) is 5.69 Å². The summed E-state index contributed by atoms with van der Waals surface area (Å²) in [5.74, 6) is -0.423. The summed E-state index contributed by atoms with van der Waals surface area (Å²) >= 11 is 0. The standard InChI is InChI=1S/C13H17N3O4S/c1-15-12(17)6-9-3-2-4-10(5-9)16-8-11(7-13(16)18)21(14,19)20/h2-5,11H,6-8H2,1H3,(H,15,17)(H2,14,19,20). The van der Waals surface area contributed by atoms with E-state index in [0.29, 0.717) is 5.69 Å². The van der Waals surface area contributed by atoms with Gasteiger partial charge in [-0.3, -0.25) is 9.59 Å². The molecular formula is C13H17N3O4S. The summed E-state index contributed by atoms with van der Waals surface area (Å²) in [6.07, 6.45) is 0.0868. The molecule has 0 aliphatic carbocycles. The van der Waals surface area contributed by atoms with Gasteiger partial charge in [-0.05, 0) is 17.7 Å². The summed E-state index contributed by atoms with van der Waals surface area (Å²) in [5, 5.41) is 6.74. The maximum absolute atomic E-state index is 11.9. The van der Waals surface area contributed by atoms with Gasteiger partial charge in [0.25, 0.3) is 0 Å². The molecule has 1 atom stereocenters. The summed E-state index contributed by atoms with van der Waals surface area (Å²) in [4.78, 5) is 24.7. The molecule has 8 heteroatoms. The molecule has 0 spiro atoms. The van der Waals surface area contributed by atoms with Crippen LogP contribution in [0.5, 0.6) is 0 Å².